The van der Waals surface area contributed by atoms with E-state index in [0.29, 0.717) is 13.2 Å². The average molecular weight is 339 g/mol. The number of carbonyl (C=O) groups is 1. The molecular weight excluding hydrogens is 312 g/mol. The molecule has 0 aromatic heterocycles. The van der Waals surface area contributed by atoms with E-state index in [1.165, 1.54) is 23.2 Å². The summed E-state index contributed by atoms with van der Waals surface area (Å²) in [5.41, 5.74) is 4.97. The van der Waals surface area contributed by atoms with E-state index >= 15 is 0 Å². The van der Waals surface area contributed by atoms with Gasteiger partial charge in [-0.1, -0.05) is 36.4 Å². The van der Waals surface area contributed by atoms with Gasteiger partial charge in [0.25, 0.3) is 5.91 Å². The largest absolute Gasteiger partial charge is 0.385 e. The van der Waals surface area contributed by atoms with E-state index in [1.807, 2.05) is 12.1 Å². The SMILES string of the molecule is COCCCNC(=O)c1ccc(C[NH+]2CCc3ccccc3C2)cc1. The van der Waals surface area contributed by atoms with Crippen molar-refractivity contribution in [3.63, 3.8) is 0 Å². The van der Waals surface area contributed by atoms with Crippen molar-refractivity contribution in [3.05, 3.63) is 70.8 Å². The molecule has 3 rings (SSSR count). The minimum atomic E-state index is -0.0121. The number of carbonyl (C=O) groups excluding carboxylic acids is 1. The molecule has 2 N–H and O–H groups in total. The number of ether oxygens (including phenoxy) is 1. The molecule has 0 bridgehead atoms. The van der Waals surface area contributed by atoms with Crippen LogP contribution in [0.4, 0.5) is 0 Å². The van der Waals surface area contributed by atoms with E-state index in [0.717, 1.165) is 31.5 Å². The average Bonchev–Trinajstić information content (AvgIpc) is 2.65. The van der Waals surface area contributed by atoms with Crippen molar-refractivity contribution >= 4 is 5.91 Å². The fourth-order valence-electron chi connectivity index (χ4n) is 3.38. The molecule has 2 aromatic carbocycles. The van der Waals surface area contributed by atoms with Crippen molar-refractivity contribution in [2.24, 2.45) is 0 Å². The number of hydrogen-bond donors (Lipinski definition) is 2. The lowest BCUT2D eigenvalue weighted by Gasteiger charge is -2.26. The highest BCUT2D eigenvalue weighted by Gasteiger charge is 2.19. The first kappa shape index (κ1) is 17.6. The van der Waals surface area contributed by atoms with Crippen LogP contribution in [0.3, 0.4) is 0 Å². The van der Waals surface area contributed by atoms with Crippen molar-refractivity contribution in [1.82, 2.24) is 5.32 Å². The van der Waals surface area contributed by atoms with E-state index in [-0.39, 0.29) is 5.91 Å². The van der Waals surface area contributed by atoms with E-state index in [1.54, 1.807) is 12.0 Å². The number of nitrogens with one attached hydrogen (secondary N) is 2. The molecule has 4 heteroatoms. The van der Waals surface area contributed by atoms with Gasteiger partial charge in [-0.25, -0.2) is 0 Å². The van der Waals surface area contributed by atoms with Crippen molar-refractivity contribution < 1.29 is 14.4 Å². The number of benzene rings is 2. The summed E-state index contributed by atoms with van der Waals surface area (Å²) in [5, 5.41) is 2.92. The summed E-state index contributed by atoms with van der Waals surface area (Å²) in [6.07, 6.45) is 1.98. The van der Waals surface area contributed by atoms with Gasteiger partial charge in [-0.2, -0.15) is 0 Å². The Hall–Kier alpha value is -2.17. The molecule has 1 aliphatic rings. The molecule has 1 unspecified atom stereocenters. The molecular formula is C21H27N2O2+. The van der Waals surface area contributed by atoms with Crippen molar-refractivity contribution in [3.8, 4) is 0 Å². The predicted molar refractivity (Wildman–Crippen MR) is 98.7 cm³/mol. The minimum absolute atomic E-state index is 0.0121. The van der Waals surface area contributed by atoms with E-state index in [2.05, 4.69) is 41.7 Å². The van der Waals surface area contributed by atoms with Gasteiger partial charge in [0, 0.05) is 43.4 Å². The highest BCUT2D eigenvalue weighted by molar-refractivity contribution is 5.94. The minimum Gasteiger partial charge on any atom is -0.385 e. The second-order valence-corrected chi connectivity index (χ2v) is 6.67. The first-order chi connectivity index (χ1) is 12.3. The molecule has 2 aromatic rings. The van der Waals surface area contributed by atoms with Crippen LogP contribution in [0, 0.1) is 0 Å². The monoisotopic (exact) mass is 339 g/mol. The Kier molecular flexibility index (Phi) is 6.20. The third-order valence-corrected chi connectivity index (χ3v) is 4.79. The van der Waals surface area contributed by atoms with Crippen LogP contribution >= 0.6 is 0 Å². The van der Waals surface area contributed by atoms with Gasteiger partial charge in [-0.3, -0.25) is 4.79 Å². The quantitative estimate of drug-likeness (QED) is 0.753. The maximum Gasteiger partial charge on any atom is 0.251 e. The molecule has 1 atom stereocenters. The molecule has 0 saturated heterocycles. The topological polar surface area (TPSA) is 42.8 Å². The lowest BCUT2D eigenvalue weighted by atomic mass is 9.99. The zero-order valence-electron chi connectivity index (χ0n) is 14.9. The summed E-state index contributed by atoms with van der Waals surface area (Å²) < 4.78 is 4.99. The Labute approximate surface area is 149 Å². The second-order valence-electron chi connectivity index (χ2n) is 6.67. The molecule has 0 aliphatic carbocycles. The van der Waals surface area contributed by atoms with E-state index in [4.69, 9.17) is 4.74 Å². The van der Waals surface area contributed by atoms with E-state index in [9.17, 15) is 4.79 Å². The number of methoxy groups -OCH3 is 1. The van der Waals surface area contributed by atoms with Crippen molar-refractivity contribution in [2.75, 3.05) is 26.8 Å². The van der Waals surface area contributed by atoms with Crippen molar-refractivity contribution in [1.29, 1.82) is 0 Å². The first-order valence-electron chi connectivity index (χ1n) is 9.02. The number of fused-ring (bicyclic) bond motifs is 1. The third kappa shape index (κ3) is 4.91. The molecule has 0 radical (unpaired) electrons. The number of rotatable bonds is 7. The summed E-state index contributed by atoms with van der Waals surface area (Å²) in [6, 6.07) is 16.8. The predicted octanol–water partition coefficient (Wildman–Crippen LogP) is 1.59. The molecule has 132 valence electrons. The Morgan fingerprint density at radius 1 is 1.12 bits per heavy atom. The Balaban J connectivity index is 1.52. The van der Waals surface area contributed by atoms with Gasteiger partial charge in [0.1, 0.15) is 13.1 Å². The molecule has 1 amide bonds. The molecule has 0 spiro atoms. The zero-order chi connectivity index (χ0) is 17.5. The third-order valence-electron chi connectivity index (χ3n) is 4.79. The Bertz CT molecular complexity index is 697. The lowest BCUT2D eigenvalue weighted by molar-refractivity contribution is -0.929. The Morgan fingerprint density at radius 2 is 1.88 bits per heavy atom. The molecule has 1 aliphatic heterocycles. The van der Waals surface area contributed by atoms with Crippen LogP contribution in [0.1, 0.15) is 33.5 Å². The number of quaternary nitrogens is 1. The fraction of sp³-hybridized carbons (Fsp3) is 0.381. The normalized spacial score (nSPS) is 16.3. The smallest absolute Gasteiger partial charge is 0.251 e. The second kappa shape index (κ2) is 8.79. The molecule has 4 nitrogen and oxygen atoms in total. The van der Waals surface area contributed by atoms with E-state index < -0.39 is 0 Å². The summed E-state index contributed by atoms with van der Waals surface area (Å²) in [4.78, 5) is 13.7. The molecule has 0 saturated carbocycles. The maximum absolute atomic E-state index is 12.1. The highest BCUT2D eigenvalue weighted by Crippen LogP contribution is 2.11. The summed E-state index contributed by atoms with van der Waals surface area (Å²) in [7, 11) is 1.67. The van der Waals surface area contributed by atoms with Gasteiger partial charge in [0.05, 0.1) is 6.54 Å². The van der Waals surface area contributed by atoms with Crippen LogP contribution in [0.15, 0.2) is 48.5 Å². The van der Waals surface area contributed by atoms with Crippen molar-refractivity contribution in [2.45, 2.75) is 25.9 Å². The van der Waals surface area contributed by atoms with Gasteiger partial charge in [0.15, 0.2) is 0 Å². The van der Waals surface area contributed by atoms with Gasteiger partial charge in [-0.15, -0.1) is 0 Å². The van der Waals surface area contributed by atoms with Crippen LogP contribution < -0.4 is 10.2 Å². The number of hydrogen-bond acceptors (Lipinski definition) is 2. The number of amides is 1. The zero-order valence-corrected chi connectivity index (χ0v) is 14.9. The first-order valence-corrected chi connectivity index (χ1v) is 9.02. The van der Waals surface area contributed by atoms with Crippen LogP contribution in [0.5, 0.6) is 0 Å². The summed E-state index contributed by atoms with van der Waals surface area (Å²) in [5.74, 6) is -0.0121. The Morgan fingerprint density at radius 3 is 2.64 bits per heavy atom. The van der Waals surface area contributed by atoms with Crippen LogP contribution in [-0.2, 0) is 24.2 Å². The fourth-order valence-corrected chi connectivity index (χ4v) is 3.38. The van der Waals surface area contributed by atoms with Gasteiger partial charge < -0.3 is 15.0 Å². The summed E-state index contributed by atoms with van der Waals surface area (Å²) in [6.45, 7) is 4.56. The summed E-state index contributed by atoms with van der Waals surface area (Å²) >= 11 is 0. The van der Waals surface area contributed by atoms with Gasteiger partial charge in [-0.05, 0) is 24.1 Å². The molecule has 1 heterocycles. The van der Waals surface area contributed by atoms with Gasteiger partial charge >= 0.3 is 0 Å². The van der Waals surface area contributed by atoms with Crippen LogP contribution in [0.2, 0.25) is 0 Å². The van der Waals surface area contributed by atoms with Crippen LogP contribution in [-0.4, -0.2) is 32.7 Å². The lowest BCUT2D eigenvalue weighted by Crippen LogP contribution is -3.10. The highest BCUT2D eigenvalue weighted by atomic mass is 16.5. The van der Waals surface area contributed by atoms with Crippen LogP contribution in [0.25, 0.3) is 0 Å². The molecule has 25 heavy (non-hydrogen) atoms. The standard InChI is InChI=1S/C21H26N2O2/c1-25-14-4-12-22-21(24)19-9-7-17(8-10-19)15-23-13-11-18-5-2-3-6-20(18)16-23/h2-3,5-10H,4,11-16H2,1H3,(H,22,24)/p+1. The van der Waals surface area contributed by atoms with Gasteiger partial charge in [0.2, 0.25) is 0 Å². The molecule has 0 fully saturated rings. The maximum atomic E-state index is 12.1.